The Morgan fingerprint density at radius 1 is 1.04 bits per heavy atom. The number of nitrogen functional groups attached to an aromatic ring is 1. The molecule has 4 heteroatoms. The minimum atomic E-state index is -0.276. The molecule has 0 amide bonds. The van der Waals surface area contributed by atoms with E-state index >= 15 is 0 Å². The molecule has 0 atom stereocenters. The lowest BCUT2D eigenvalue weighted by Crippen LogP contribution is -2.11. The molecular weight excluding hydrogens is 324 g/mol. The number of anilines is 1. The number of benzene rings is 2. The van der Waals surface area contributed by atoms with Crippen molar-refractivity contribution < 1.29 is 9.53 Å². The minimum Gasteiger partial charge on any atom is -0.424 e. The number of aryl methyl sites for hydroxylation is 1. The van der Waals surface area contributed by atoms with Gasteiger partial charge in [0.1, 0.15) is 11.3 Å². The van der Waals surface area contributed by atoms with Crippen LogP contribution in [-0.2, 0) is 16.6 Å². The van der Waals surface area contributed by atoms with Gasteiger partial charge in [-0.05, 0) is 41.2 Å². The highest BCUT2D eigenvalue weighted by molar-refractivity contribution is 5.88. The highest BCUT2D eigenvalue weighted by atomic mass is 16.5. The van der Waals surface area contributed by atoms with Crippen molar-refractivity contribution in [1.82, 2.24) is 4.98 Å². The smallest absolute Gasteiger partial charge is 0.311 e. The van der Waals surface area contributed by atoms with Crippen molar-refractivity contribution in [2.45, 2.75) is 39.0 Å². The molecule has 2 aromatic carbocycles. The van der Waals surface area contributed by atoms with E-state index in [-0.39, 0.29) is 11.4 Å². The SMILES string of the molecule is CC(C)(C)c1ccc(CCC(=O)Oc2cccc3ccc(N)nc23)cc1. The Morgan fingerprint density at radius 3 is 2.46 bits per heavy atom. The summed E-state index contributed by atoms with van der Waals surface area (Å²) in [4.78, 5) is 16.5. The van der Waals surface area contributed by atoms with Crippen molar-refractivity contribution in [1.29, 1.82) is 0 Å². The number of aromatic nitrogens is 1. The van der Waals surface area contributed by atoms with Crippen LogP contribution in [0.15, 0.2) is 54.6 Å². The summed E-state index contributed by atoms with van der Waals surface area (Å²) in [6.45, 7) is 6.55. The number of hydrogen-bond donors (Lipinski definition) is 1. The van der Waals surface area contributed by atoms with Crippen molar-refractivity contribution in [2.75, 3.05) is 5.73 Å². The summed E-state index contributed by atoms with van der Waals surface area (Å²) in [5, 5.41) is 0.891. The fourth-order valence-corrected chi connectivity index (χ4v) is 2.81. The monoisotopic (exact) mass is 348 g/mol. The van der Waals surface area contributed by atoms with Crippen LogP contribution in [0.2, 0.25) is 0 Å². The van der Waals surface area contributed by atoms with Crippen LogP contribution in [0.1, 0.15) is 38.3 Å². The van der Waals surface area contributed by atoms with E-state index < -0.39 is 0 Å². The topological polar surface area (TPSA) is 65.2 Å². The van der Waals surface area contributed by atoms with Crippen LogP contribution >= 0.6 is 0 Å². The Bertz CT molecular complexity index is 925. The number of carbonyl (C=O) groups is 1. The van der Waals surface area contributed by atoms with Crippen LogP contribution in [0.4, 0.5) is 5.82 Å². The first kappa shape index (κ1) is 17.9. The number of hydrogen-bond acceptors (Lipinski definition) is 4. The van der Waals surface area contributed by atoms with Crippen molar-refractivity contribution in [3.63, 3.8) is 0 Å². The first-order valence-corrected chi connectivity index (χ1v) is 8.78. The Kier molecular flexibility index (Phi) is 4.94. The zero-order chi connectivity index (χ0) is 18.7. The molecule has 0 saturated carbocycles. The second kappa shape index (κ2) is 7.16. The van der Waals surface area contributed by atoms with Crippen LogP contribution in [0, 0.1) is 0 Å². The predicted octanol–water partition coefficient (Wildman–Crippen LogP) is 4.65. The third-order valence-electron chi connectivity index (χ3n) is 4.37. The molecule has 0 saturated heterocycles. The summed E-state index contributed by atoms with van der Waals surface area (Å²) in [5.74, 6) is 0.574. The van der Waals surface area contributed by atoms with E-state index in [1.54, 1.807) is 12.1 Å². The Balaban J connectivity index is 1.65. The number of nitrogens with two attached hydrogens (primary N) is 1. The fourth-order valence-electron chi connectivity index (χ4n) is 2.81. The van der Waals surface area contributed by atoms with Gasteiger partial charge in [-0.3, -0.25) is 4.79 Å². The third kappa shape index (κ3) is 4.20. The molecule has 134 valence electrons. The summed E-state index contributed by atoms with van der Waals surface area (Å²) >= 11 is 0. The molecule has 4 nitrogen and oxygen atoms in total. The van der Waals surface area contributed by atoms with Gasteiger partial charge in [0.05, 0.1) is 0 Å². The molecule has 2 N–H and O–H groups in total. The zero-order valence-corrected chi connectivity index (χ0v) is 15.5. The first-order chi connectivity index (χ1) is 12.3. The van der Waals surface area contributed by atoms with Gasteiger partial charge in [-0.1, -0.05) is 57.2 Å². The summed E-state index contributed by atoms with van der Waals surface area (Å²) in [6, 6.07) is 17.5. The fraction of sp³-hybridized carbons (Fsp3) is 0.273. The average molecular weight is 348 g/mol. The molecule has 0 fully saturated rings. The van der Waals surface area contributed by atoms with Gasteiger partial charge < -0.3 is 10.5 Å². The van der Waals surface area contributed by atoms with E-state index in [4.69, 9.17) is 10.5 Å². The second-order valence-electron chi connectivity index (χ2n) is 7.48. The average Bonchev–Trinajstić information content (AvgIpc) is 2.60. The van der Waals surface area contributed by atoms with Crippen LogP contribution in [0.25, 0.3) is 10.9 Å². The Labute approximate surface area is 154 Å². The summed E-state index contributed by atoms with van der Waals surface area (Å²) in [5.41, 5.74) is 8.88. The van der Waals surface area contributed by atoms with Crippen LogP contribution in [0.3, 0.4) is 0 Å². The van der Waals surface area contributed by atoms with E-state index in [1.165, 1.54) is 5.56 Å². The lowest BCUT2D eigenvalue weighted by atomic mass is 9.86. The maximum Gasteiger partial charge on any atom is 0.311 e. The van der Waals surface area contributed by atoms with Crippen molar-refractivity contribution >= 4 is 22.7 Å². The predicted molar refractivity (Wildman–Crippen MR) is 105 cm³/mol. The maximum atomic E-state index is 12.3. The van der Waals surface area contributed by atoms with Gasteiger partial charge in [-0.15, -0.1) is 0 Å². The molecule has 3 rings (SSSR count). The normalized spacial score (nSPS) is 11.5. The Hall–Kier alpha value is -2.88. The van der Waals surface area contributed by atoms with Crippen molar-refractivity contribution in [2.24, 2.45) is 0 Å². The molecule has 0 radical (unpaired) electrons. The number of para-hydroxylation sites is 1. The lowest BCUT2D eigenvalue weighted by Gasteiger charge is -2.19. The number of esters is 1. The van der Waals surface area contributed by atoms with E-state index in [0.29, 0.717) is 29.9 Å². The molecule has 0 aliphatic rings. The number of nitrogens with zero attached hydrogens (tertiary/aromatic N) is 1. The van der Waals surface area contributed by atoms with E-state index in [2.05, 4.69) is 50.0 Å². The summed E-state index contributed by atoms with van der Waals surface area (Å²) in [7, 11) is 0. The van der Waals surface area contributed by atoms with Crippen LogP contribution < -0.4 is 10.5 Å². The second-order valence-corrected chi connectivity index (χ2v) is 7.48. The van der Waals surface area contributed by atoms with Crippen molar-refractivity contribution in [3.8, 4) is 5.75 Å². The van der Waals surface area contributed by atoms with Gasteiger partial charge in [0.15, 0.2) is 5.75 Å². The highest BCUT2D eigenvalue weighted by Gasteiger charge is 2.14. The first-order valence-electron chi connectivity index (χ1n) is 8.78. The van der Waals surface area contributed by atoms with E-state index in [9.17, 15) is 4.79 Å². The molecule has 3 aromatic rings. The van der Waals surface area contributed by atoms with Gasteiger partial charge in [-0.25, -0.2) is 4.98 Å². The van der Waals surface area contributed by atoms with E-state index in [0.717, 1.165) is 10.9 Å². The number of pyridine rings is 1. The highest BCUT2D eigenvalue weighted by Crippen LogP contribution is 2.25. The third-order valence-corrected chi connectivity index (χ3v) is 4.37. The van der Waals surface area contributed by atoms with Crippen molar-refractivity contribution in [3.05, 3.63) is 65.7 Å². The van der Waals surface area contributed by atoms with Gasteiger partial charge >= 0.3 is 5.97 Å². The maximum absolute atomic E-state index is 12.3. The number of ether oxygens (including phenoxy) is 1. The molecule has 0 aliphatic heterocycles. The zero-order valence-electron chi connectivity index (χ0n) is 15.5. The molecular formula is C22H24N2O2. The van der Waals surface area contributed by atoms with Gasteiger partial charge in [0.2, 0.25) is 0 Å². The van der Waals surface area contributed by atoms with Crippen LogP contribution in [0.5, 0.6) is 5.75 Å². The summed E-state index contributed by atoms with van der Waals surface area (Å²) < 4.78 is 5.53. The van der Waals surface area contributed by atoms with Gasteiger partial charge in [-0.2, -0.15) is 0 Å². The largest absolute Gasteiger partial charge is 0.424 e. The Morgan fingerprint density at radius 2 is 1.77 bits per heavy atom. The quantitative estimate of drug-likeness (QED) is 0.550. The van der Waals surface area contributed by atoms with Crippen LogP contribution in [-0.4, -0.2) is 11.0 Å². The molecule has 1 heterocycles. The van der Waals surface area contributed by atoms with Gasteiger partial charge in [0.25, 0.3) is 0 Å². The standard InChI is InChI=1S/C22H24N2O2/c1-22(2,3)17-11-7-15(8-12-17)9-14-20(25)26-18-6-4-5-16-10-13-19(23)24-21(16)18/h4-8,10-13H,9,14H2,1-3H3,(H2,23,24). The van der Waals surface area contributed by atoms with Gasteiger partial charge in [0, 0.05) is 11.8 Å². The number of fused-ring (bicyclic) bond motifs is 1. The van der Waals surface area contributed by atoms with E-state index in [1.807, 2.05) is 18.2 Å². The number of carbonyl (C=O) groups excluding carboxylic acids is 1. The molecule has 1 aromatic heterocycles. The molecule has 0 bridgehead atoms. The molecule has 0 aliphatic carbocycles. The summed E-state index contributed by atoms with van der Waals surface area (Å²) in [6.07, 6.45) is 0.956. The minimum absolute atomic E-state index is 0.126. The molecule has 0 unspecified atom stereocenters. The number of rotatable bonds is 4. The molecule has 26 heavy (non-hydrogen) atoms. The molecule has 0 spiro atoms. The lowest BCUT2D eigenvalue weighted by molar-refractivity contribution is -0.134.